The fraction of sp³-hybridized carbons (Fsp3) is 0.417. The molecule has 1 fully saturated rings. The number of carbonyl (C=O) groups excluding carboxylic acids is 1. The second-order valence-electron chi connectivity index (χ2n) is 8.05. The average molecular weight is 540 g/mol. The van der Waals surface area contributed by atoms with Crippen LogP contribution in [0.3, 0.4) is 0 Å². The largest absolute Gasteiger partial charge is 0.286 e. The number of hydrogen-bond donors (Lipinski definition) is 1. The molecule has 2 heterocycles. The molecule has 1 saturated heterocycles. The fourth-order valence-electron chi connectivity index (χ4n) is 3.97. The topological polar surface area (TPSA) is 50.2 Å². The highest BCUT2D eigenvalue weighted by molar-refractivity contribution is 9.11. The van der Waals surface area contributed by atoms with E-state index in [4.69, 9.17) is 28.3 Å². The van der Waals surface area contributed by atoms with Crippen molar-refractivity contribution in [3.8, 4) is 5.69 Å². The van der Waals surface area contributed by atoms with Gasteiger partial charge in [0.05, 0.1) is 16.4 Å². The van der Waals surface area contributed by atoms with Crippen LogP contribution in [0.5, 0.6) is 0 Å². The fourth-order valence-corrected chi connectivity index (χ4v) is 4.64. The Morgan fingerprint density at radius 2 is 2.16 bits per heavy atom. The number of nitrogens with zero attached hydrogens (tertiary/aromatic N) is 3. The van der Waals surface area contributed by atoms with Gasteiger partial charge in [0, 0.05) is 34.6 Å². The van der Waals surface area contributed by atoms with E-state index in [2.05, 4.69) is 34.4 Å². The number of halogens is 3. The number of nitrogens with one attached hydrogen (secondary N) is 1. The number of amides is 1. The standard InChI is InChI=1S/C24H29BrCl2N4O/c1-4-17(25)9-6-10-21-19(5-2)23(24(32)29-30-13-7-8-16(3)15-30)28-31(21)22-12-11-18(26)14-20(22)27/h4,6,9,11-12,14,16H,5,7-8,10,13,15H2,1-3H3,(H,29,32)/b9-6-,17-4+. The third-order valence-corrected chi connectivity index (χ3v) is 6.84. The second kappa shape index (κ2) is 11.5. The molecule has 8 heteroatoms. The van der Waals surface area contributed by atoms with Crippen molar-refractivity contribution in [2.24, 2.45) is 5.92 Å². The lowest BCUT2D eigenvalue weighted by atomic mass is 10.0. The van der Waals surface area contributed by atoms with Crippen LogP contribution in [-0.4, -0.2) is 33.8 Å². The minimum absolute atomic E-state index is 0.181. The summed E-state index contributed by atoms with van der Waals surface area (Å²) in [4.78, 5) is 13.2. The lowest BCUT2D eigenvalue weighted by Crippen LogP contribution is -2.47. The van der Waals surface area contributed by atoms with Gasteiger partial charge >= 0.3 is 0 Å². The summed E-state index contributed by atoms with van der Waals surface area (Å²) in [5.41, 5.74) is 6.05. The minimum Gasteiger partial charge on any atom is -0.283 e. The highest BCUT2D eigenvalue weighted by Gasteiger charge is 2.25. The molecular weight excluding hydrogens is 511 g/mol. The summed E-state index contributed by atoms with van der Waals surface area (Å²) in [5.74, 6) is 0.380. The highest BCUT2D eigenvalue weighted by Crippen LogP contribution is 2.28. The molecule has 0 saturated carbocycles. The average Bonchev–Trinajstić information content (AvgIpc) is 3.12. The van der Waals surface area contributed by atoms with Gasteiger partial charge in [-0.25, -0.2) is 9.69 Å². The summed E-state index contributed by atoms with van der Waals surface area (Å²) in [6.07, 6.45) is 9.57. The molecular formula is C24H29BrCl2N4O. The predicted molar refractivity (Wildman–Crippen MR) is 136 cm³/mol. The Morgan fingerprint density at radius 3 is 2.81 bits per heavy atom. The SMILES string of the molecule is C/C=C(Br)\C=C/Cc1c(CC)c(C(=O)NN2CCCC(C)C2)nn1-c1ccc(Cl)cc1Cl. The Kier molecular flexibility index (Phi) is 9.00. The smallest absolute Gasteiger partial charge is 0.283 e. The van der Waals surface area contributed by atoms with E-state index in [1.165, 1.54) is 6.42 Å². The van der Waals surface area contributed by atoms with E-state index < -0.39 is 0 Å². The van der Waals surface area contributed by atoms with Crippen molar-refractivity contribution in [3.05, 3.63) is 67.9 Å². The van der Waals surface area contributed by atoms with Crippen molar-refractivity contribution >= 4 is 45.0 Å². The monoisotopic (exact) mass is 538 g/mol. The minimum atomic E-state index is -0.181. The predicted octanol–water partition coefficient (Wildman–Crippen LogP) is 6.52. The molecule has 1 aromatic carbocycles. The van der Waals surface area contributed by atoms with Gasteiger partial charge in [0.15, 0.2) is 5.69 Å². The third-order valence-electron chi connectivity index (χ3n) is 5.58. The summed E-state index contributed by atoms with van der Waals surface area (Å²) in [6, 6.07) is 5.30. The van der Waals surface area contributed by atoms with Gasteiger partial charge in [-0.3, -0.25) is 10.2 Å². The van der Waals surface area contributed by atoms with E-state index in [-0.39, 0.29) is 5.91 Å². The number of benzene rings is 1. The lowest BCUT2D eigenvalue weighted by Gasteiger charge is -2.30. The summed E-state index contributed by atoms with van der Waals surface area (Å²) in [6.45, 7) is 7.92. The molecule has 3 rings (SSSR count). The van der Waals surface area contributed by atoms with Crippen LogP contribution in [0.2, 0.25) is 10.0 Å². The molecule has 1 unspecified atom stereocenters. The summed E-state index contributed by atoms with van der Waals surface area (Å²) >= 11 is 16.1. The number of piperidine rings is 1. The van der Waals surface area contributed by atoms with Crippen LogP contribution < -0.4 is 5.43 Å². The summed E-state index contributed by atoms with van der Waals surface area (Å²) < 4.78 is 2.77. The maximum Gasteiger partial charge on any atom is 0.286 e. The molecule has 0 radical (unpaired) electrons. The molecule has 1 amide bonds. The number of aromatic nitrogens is 2. The maximum atomic E-state index is 13.2. The van der Waals surface area contributed by atoms with Gasteiger partial charge in [-0.2, -0.15) is 5.10 Å². The Labute approximate surface area is 208 Å². The van der Waals surface area contributed by atoms with Crippen molar-refractivity contribution in [1.82, 2.24) is 20.2 Å². The number of hydrogen-bond acceptors (Lipinski definition) is 3. The van der Waals surface area contributed by atoms with Gasteiger partial charge in [0.2, 0.25) is 0 Å². The molecule has 0 bridgehead atoms. The molecule has 172 valence electrons. The first kappa shape index (κ1) is 25.0. The van der Waals surface area contributed by atoms with Crippen LogP contribution in [0.25, 0.3) is 5.69 Å². The summed E-state index contributed by atoms with van der Waals surface area (Å²) in [5, 5.41) is 7.78. The van der Waals surface area contributed by atoms with Crippen LogP contribution in [-0.2, 0) is 12.8 Å². The van der Waals surface area contributed by atoms with E-state index in [0.717, 1.165) is 35.3 Å². The van der Waals surface area contributed by atoms with Crippen molar-refractivity contribution in [3.63, 3.8) is 0 Å². The second-order valence-corrected chi connectivity index (χ2v) is 9.81. The first-order valence-corrected chi connectivity index (χ1v) is 12.5. The Hall–Kier alpha value is -1.60. The molecule has 5 nitrogen and oxygen atoms in total. The molecule has 32 heavy (non-hydrogen) atoms. The van der Waals surface area contributed by atoms with Crippen molar-refractivity contribution in [2.45, 2.75) is 46.5 Å². The van der Waals surface area contributed by atoms with Crippen molar-refractivity contribution in [2.75, 3.05) is 13.1 Å². The van der Waals surface area contributed by atoms with Gasteiger partial charge in [-0.05, 0) is 50.3 Å². The first-order chi connectivity index (χ1) is 15.3. The molecule has 0 aliphatic carbocycles. The lowest BCUT2D eigenvalue weighted by molar-refractivity contribution is 0.0687. The van der Waals surface area contributed by atoms with E-state index in [1.807, 2.05) is 37.1 Å². The molecule has 1 atom stereocenters. The number of carbonyl (C=O) groups is 1. The van der Waals surface area contributed by atoms with Crippen LogP contribution in [0.15, 0.2) is 40.9 Å². The molecule has 0 spiro atoms. The van der Waals surface area contributed by atoms with Crippen molar-refractivity contribution < 1.29 is 4.79 Å². The van der Waals surface area contributed by atoms with Crippen LogP contribution in [0, 0.1) is 5.92 Å². The molecule has 1 aliphatic heterocycles. The van der Waals surface area contributed by atoms with Gasteiger partial charge in [0.25, 0.3) is 5.91 Å². The summed E-state index contributed by atoms with van der Waals surface area (Å²) in [7, 11) is 0. The molecule has 2 aromatic rings. The van der Waals surface area contributed by atoms with Gasteiger partial charge in [-0.1, -0.05) is 71.2 Å². The zero-order valence-corrected chi connectivity index (χ0v) is 21.8. The quantitative estimate of drug-likeness (QED) is 0.408. The van der Waals surface area contributed by atoms with Gasteiger partial charge < -0.3 is 0 Å². The van der Waals surface area contributed by atoms with Gasteiger partial charge in [0.1, 0.15) is 0 Å². The normalized spacial score (nSPS) is 17.8. The molecule has 1 aromatic heterocycles. The Morgan fingerprint density at radius 1 is 1.38 bits per heavy atom. The van der Waals surface area contributed by atoms with Crippen LogP contribution in [0.4, 0.5) is 0 Å². The van der Waals surface area contributed by atoms with E-state index >= 15 is 0 Å². The molecule has 1 N–H and O–H groups in total. The van der Waals surface area contributed by atoms with Crippen LogP contribution >= 0.6 is 39.1 Å². The third kappa shape index (κ3) is 6.04. The first-order valence-electron chi connectivity index (χ1n) is 10.9. The number of rotatable bonds is 7. The Bertz CT molecular complexity index is 1030. The number of allylic oxidation sites excluding steroid dienone is 4. The Balaban J connectivity index is 2.01. The maximum absolute atomic E-state index is 13.2. The number of hydrazine groups is 1. The van der Waals surface area contributed by atoms with Crippen molar-refractivity contribution in [1.29, 1.82) is 0 Å². The van der Waals surface area contributed by atoms with Crippen LogP contribution in [0.1, 0.15) is 55.4 Å². The zero-order chi connectivity index (χ0) is 23.3. The van der Waals surface area contributed by atoms with Gasteiger partial charge in [-0.15, -0.1) is 0 Å². The van der Waals surface area contributed by atoms with E-state index in [0.29, 0.717) is 40.2 Å². The zero-order valence-electron chi connectivity index (χ0n) is 18.7. The highest BCUT2D eigenvalue weighted by atomic mass is 79.9. The molecule has 1 aliphatic rings. The van der Waals surface area contributed by atoms with E-state index in [9.17, 15) is 4.79 Å². The van der Waals surface area contributed by atoms with E-state index in [1.54, 1.807) is 16.8 Å².